The Bertz CT molecular complexity index is 733. The molecule has 0 bridgehead atoms. The zero-order valence-electron chi connectivity index (χ0n) is 13.9. The van der Waals surface area contributed by atoms with E-state index in [4.69, 9.17) is 9.47 Å². The third kappa shape index (κ3) is 4.23. The zero-order chi connectivity index (χ0) is 17.6. The molecule has 1 aliphatic rings. The smallest absolute Gasteiger partial charge is 0.278 e. The van der Waals surface area contributed by atoms with Crippen molar-refractivity contribution in [3.05, 3.63) is 48.0 Å². The number of hydrogen-bond donors (Lipinski definition) is 1. The molecule has 7 heteroatoms. The lowest BCUT2D eigenvalue weighted by Crippen LogP contribution is -2.40. The van der Waals surface area contributed by atoms with Gasteiger partial charge in [0.1, 0.15) is 11.9 Å². The lowest BCUT2D eigenvalue weighted by Gasteiger charge is -2.29. The minimum atomic E-state index is -0.508. The normalized spacial score (nSPS) is 19.9. The number of benzene rings is 1. The predicted octanol–water partition coefficient (Wildman–Crippen LogP) is 2.74. The largest absolute Gasteiger partial charge is 0.477 e. The minimum absolute atomic E-state index is 0.00721. The van der Waals surface area contributed by atoms with Crippen LogP contribution in [-0.4, -0.2) is 35.1 Å². The highest BCUT2D eigenvalue weighted by Gasteiger charge is 2.25. The summed E-state index contributed by atoms with van der Waals surface area (Å²) < 4.78 is 24.7. The summed E-state index contributed by atoms with van der Waals surface area (Å²) in [5, 5.41) is 2.90. The molecule has 132 valence electrons. The summed E-state index contributed by atoms with van der Waals surface area (Å²) in [7, 11) is 1.52. The highest BCUT2D eigenvalue weighted by molar-refractivity contribution is 5.94. The number of halogens is 1. The van der Waals surface area contributed by atoms with Crippen LogP contribution in [0.1, 0.15) is 36.0 Å². The molecule has 1 heterocycles. The Hall–Kier alpha value is -2.70. The fourth-order valence-corrected chi connectivity index (χ4v) is 2.92. The van der Waals surface area contributed by atoms with Gasteiger partial charge in [0.2, 0.25) is 0 Å². The van der Waals surface area contributed by atoms with Crippen molar-refractivity contribution in [1.29, 1.82) is 0 Å². The van der Waals surface area contributed by atoms with E-state index in [1.807, 2.05) is 0 Å². The van der Waals surface area contributed by atoms with Crippen molar-refractivity contribution in [2.75, 3.05) is 7.11 Å². The molecule has 1 N–H and O–H groups in total. The number of hydrogen-bond acceptors (Lipinski definition) is 5. The maximum absolute atomic E-state index is 13.7. The number of nitrogens with one attached hydrogen (secondary N) is 1. The second-order valence-corrected chi connectivity index (χ2v) is 5.92. The van der Waals surface area contributed by atoms with Crippen LogP contribution >= 0.6 is 0 Å². The van der Waals surface area contributed by atoms with Gasteiger partial charge in [0, 0.05) is 18.4 Å². The van der Waals surface area contributed by atoms with Gasteiger partial charge < -0.3 is 14.8 Å². The standard InChI is InChI=1S/C18H20FN3O3/c1-24-17-18(21-11-10-20-17)25-13-8-6-12(7-9-13)22-16(23)14-4-2-3-5-15(14)19/h2-5,10-13H,6-9H2,1H3,(H,22,23). The van der Waals surface area contributed by atoms with Crippen LogP contribution in [0.2, 0.25) is 0 Å². The Morgan fingerprint density at radius 3 is 2.48 bits per heavy atom. The quantitative estimate of drug-likeness (QED) is 0.902. The molecule has 1 fully saturated rings. The van der Waals surface area contributed by atoms with Gasteiger partial charge in [0.05, 0.1) is 12.7 Å². The van der Waals surface area contributed by atoms with Crippen molar-refractivity contribution in [3.8, 4) is 11.8 Å². The molecule has 2 aromatic rings. The number of amides is 1. The number of rotatable bonds is 5. The number of ether oxygens (including phenoxy) is 2. The number of carbonyl (C=O) groups excluding carboxylic acids is 1. The number of nitrogens with zero attached hydrogens (tertiary/aromatic N) is 2. The molecule has 3 rings (SSSR count). The van der Waals surface area contributed by atoms with E-state index in [9.17, 15) is 9.18 Å². The molecular weight excluding hydrogens is 325 g/mol. The Labute approximate surface area is 145 Å². The van der Waals surface area contributed by atoms with Crippen molar-refractivity contribution in [1.82, 2.24) is 15.3 Å². The van der Waals surface area contributed by atoms with Gasteiger partial charge >= 0.3 is 0 Å². The first kappa shape index (κ1) is 17.1. The molecule has 1 saturated carbocycles. The summed E-state index contributed by atoms with van der Waals surface area (Å²) in [5.41, 5.74) is 0.0742. The SMILES string of the molecule is COc1nccnc1OC1CCC(NC(=O)c2ccccc2F)CC1. The third-order valence-corrected chi connectivity index (χ3v) is 4.23. The first-order valence-electron chi connectivity index (χ1n) is 8.24. The van der Waals surface area contributed by atoms with Gasteiger partial charge in [0.25, 0.3) is 17.7 Å². The van der Waals surface area contributed by atoms with Crippen LogP contribution < -0.4 is 14.8 Å². The molecule has 0 aliphatic heterocycles. The van der Waals surface area contributed by atoms with E-state index in [1.165, 1.54) is 19.2 Å². The number of carbonyl (C=O) groups is 1. The van der Waals surface area contributed by atoms with Crippen molar-refractivity contribution < 1.29 is 18.7 Å². The van der Waals surface area contributed by atoms with E-state index in [0.29, 0.717) is 11.8 Å². The van der Waals surface area contributed by atoms with Crippen LogP contribution in [0.4, 0.5) is 4.39 Å². The Kier molecular flexibility index (Phi) is 5.42. The van der Waals surface area contributed by atoms with Gasteiger partial charge in [0.15, 0.2) is 0 Å². The highest BCUT2D eigenvalue weighted by Crippen LogP contribution is 2.27. The maximum Gasteiger partial charge on any atom is 0.278 e. The van der Waals surface area contributed by atoms with Crippen LogP contribution in [0.5, 0.6) is 11.8 Å². The Morgan fingerprint density at radius 1 is 1.12 bits per heavy atom. The van der Waals surface area contributed by atoms with Gasteiger partial charge in [-0.3, -0.25) is 4.79 Å². The molecule has 25 heavy (non-hydrogen) atoms. The summed E-state index contributed by atoms with van der Waals surface area (Å²) in [6.45, 7) is 0. The summed E-state index contributed by atoms with van der Waals surface area (Å²) in [6.07, 6.45) is 6.14. The molecule has 0 radical (unpaired) electrons. The molecule has 0 spiro atoms. The van der Waals surface area contributed by atoms with Gasteiger partial charge in [-0.15, -0.1) is 0 Å². The molecule has 0 saturated heterocycles. The van der Waals surface area contributed by atoms with Gasteiger partial charge in [-0.25, -0.2) is 14.4 Å². The minimum Gasteiger partial charge on any atom is -0.477 e. The molecule has 1 amide bonds. The molecule has 6 nitrogen and oxygen atoms in total. The van der Waals surface area contributed by atoms with E-state index < -0.39 is 5.82 Å². The van der Waals surface area contributed by atoms with Crippen LogP contribution in [-0.2, 0) is 0 Å². The fraction of sp³-hybridized carbons (Fsp3) is 0.389. The Balaban J connectivity index is 1.52. The molecule has 1 aliphatic carbocycles. The monoisotopic (exact) mass is 345 g/mol. The molecule has 1 aromatic heterocycles. The number of methoxy groups -OCH3 is 1. The lowest BCUT2D eigenvalue weighted by molar-refractivity contribution is 0.0882. The second kappa shape index (κ2) is 7.92. The third-order valence-electron chi connectivity index (χ3n) is 4.23. The molecule has 1 aromatic carbocycles. The van der Waals surface area contributed by atoms with Crippen LogP contribution in [0.3, 0.4) is 0 Å². The van der Waals surface area contributed by atoms with E-state index >= 15 is 0 Å². The zero-order valence-corrected chi connectivity index (χ0v) is 13.9. The van der Waals surface area contributed by atoms with Crippen molar-refractivity contribution in [3.63, 3.8) is 0 Å². The van der Waals surface area contributed by atoms with Crippen LogP contribution in [0.25, 0.3) is 0 Å². The highest BCUT2D eigenvalue weighted by atomic mass is 19.1. The average Bonchev–Trinajstić information content (AvgIpc) is 2.64. The van der Waals surface area contributed by atoms with E-state index in [2.05, 4.69) is 15.3 Å². The second-order valence-electron chi connectivity index (χ2n) is 5.92. The lowest BCUT2D eigenvalue weighted by atomic mass is 9.92. The predicted molar refractivity (Wildman–Crippen MR) is 89.1 cm³/mol. The summed E-state index contributed by atoms with van der Waals surface area (Å²) in [6, 6.07) is 6.00. The van der Waals surface area contributed by atoms with Crippen molar-refractivity contribution in [2.24, 2.45) is 0 Å². The van der Waals surface area contributed by atoms with Crippen LogP contribution in [0.15, 0.2) is 36.7 Å². The summed E-state index contributed by atoms with van der Waals surface area (Å²) in [4.78, 5) is 20.4. The molecule has 0 unspecified atom stereocenters. The van der Waals surface area contributed by atoms with Crippen molar-refractivity contribution >= 4 is 5.91 Å². The maximum atomic E-state index is 13.7. The molecular formula is C18H20FN3O3. The number of aromatic nitrogens is 2. The summed E-state index contributed by atoms with van der Waals surface area (Å²) in [5.74, 6) is -0.147. The van der Waals surface area contributed by atoms with E-state index in [0.717, 1.165) is 25.7 Å². The van der Waals surface area contributed by atoms with Crippen LogP contribution in [0, 0.1) is 5.82 Å². The van der Waals surface area contributed by atoms with Gasteiger partial charge in [-0.2, -0.15) is 0 Å². The van der Waals surface area contributed by atoms with E-state index in [1.54, 1.807) is 24.5 Å². The van der Waals surface area contributed by atoms with Crippen molar-refractivity contribution in [2.45, 2.75) is 37.8 Å². The molecule has 0 atom stereocenters. The topological polar surface area (TPSA) is 73.3 Å². The first-order valence-corrected chi connectivity index (χ1v) is 8.24. The fourth-order valence-electron chi connectivity index (χ4n) is 2.92. The average molecular weight is 345 g/mol. The first-order chi connectivity index (χ1) is 12.2. The van der Waals surface area contributed by atoms with Gasteiger partial charge in [-0.05, 0) is 37.8 Å². The Morgan fingerprint density at radius 2 is 1.80 bits per heavy atom. The van der Waals surface area contributed by atoms with E-state index in [-0.39, 0.29) is 23.6 Å². The van der Waals surface area contributed by atoms with Gasteiger partial charge in [-0.1, -0.05) is 12.1 Å². The summed E-state index contributed by atoms with van der Waals surface area (Å²) >= 11 is 0.